The normalized spacial score (nSPS) is 15.8. The Balaban J connectivity index is 1.39. The Hall–Kier alpha value is -2.37. The van der Waals surface area contributed by atoms with Gasteiger partial charge in [0.1, 0.15) is 5.82 Å². The van der Waals surface area contributed by atoms with E-state index >= 15 is 0 Å². The lowest BCUT2D eigenvalue weighted by atomic mass is 10.3. The number of benzene rings is 1. The molecule has 9 nitrogen and oxygen atoms in total. The fraction of sp³-hybridized carbons (Fsp3) is 0.550. The van der Waals surface area contributed by atoms with E-state index in [4.69, 9.17) is 4.52 Å². The molecule has 0 atom stereocenters. The van der Waals surface area contributed by atoms with E-state index in [0.717, 1.165) is 57.8 Å². The summed E-state index contributed by atoms with van der Waals surface area (Å²) in [5.74, 6) is -1.32. The topological polar surface area (TPSA) is 109 Å². The molecule has 1 aliphatic rings. The smallest absolute Gasteiger partial charge is 0.315 e. The van der Waals surface area contributed by atoms with E-state index in [0.29, 0.717) is 6.54 Å². The number of carbonyl (C=O) groups excluding carboxylic acids is 1. The maximum atomic E-state index is 13.0. The van der Waals surface area contributed by atoms with Gasteiger partial charge in [-0.3, -0.25) is 4.79 Å². The summed E-state index contributed by atoms with van der Waals surface area (Å²) in [7, 11) is -3.62. The monoisotopic (exact) mass is 453 g/mol. The molecule has 11 heteroatoms. The van der Waals surface area contributed by atoms with E-state index in [1.54, 1.807) is 0 Å². The minimum atomic E-state index is -3.62. The van der Waals surface area contributed by atoms with Gasteiger partial charge < -0.3 is 19.6 Å². The Kier molecular flexibility index (Phi) is 8.10. The van der Waals surface area contributed by atoms with E-state index in [9.17, 15) is 17.6 Å². The van der Waals surface area contributed by atoms with E-state index in [-0.39, 0.29) is 28.8 Å². The van der Waals surface area contributed by atoms with E-state index in [1.807, 2.05) is 0 Å². The van der Waals surface area contributed by atoms with Crippen LogP contribution < -0.4 is 5.32 Å². The third kappa shape index (κ3) is 6.81. The standard InChI is InChI=1S/C20H28FN5O4S/c1-2-25-11-13-26(14-12-25)10-3-9-22-19(27)20-23-18(24-30-20)8-15-31(28,29)17-6-4-16(21)5-7-17/h4-7H,2-3,8-15H2,1H3,(H,22,27). The Morgan fingerprint density at radius 1 is 1.16 bits per heavy atom. The summed E-state index contributed by atoms with van der Waals surface area (Å²) in [5, 5.41) is 6.43. The van der Waals surface area contributed by atoms with Crippen molar-refractivity contribution in [2.75, 3.05) is 51.6 Å². The van der Waals surface area contributed by atoms with Crippen molar-refractivity contribution in [3.8, 4) is 0 Å². The summed E-state index contributed by atoms with van der Waals surface area (Å²) in [5.41, 5.74) is 0. The first kappa shape index (κ1) is 23.3. The highest BCUT2D eigenvalue weighted by Crippen LogP contribution is 2.13. The highest BCUT2D eigenvalue weighted by atomic mass is 32.2. The Labute approximate surface area is 181 Å². The van der Waals surface area contributed by atoms with Crippen molar-refractivity contribution in [3.63, 3.8) is 0 Å². The molecule has 2 aromatic rings. The van der Waals surface area contributed by atoms with Crippen molar-refractivity contribution in [2.45, 2.75) is 24.7 Å². The summed E-state index contributed by atoms with van der Waals surface area (Å²) in [4.78, 5) is 21.0. The maximum Gasteiger partial charge on any atom is 0.315 e. The van der Waals surface area contributed by atoms with E-state index < -0.39 is 21.6 Å². The lowest BCUT2D eigenvalue weighted by molar-refractivity contribution is 0.0904. The number of aryl methyl sites for hydroxylation is 1. The van der Waals surface area contributed by atoms with Crippen molar-refractivity contribution in [1.82, 2.24) is 25.3 Å². The number of sulfone groups is 1. The zero-order chi connectivity index (χ0) is 22.3. The summed E-state index contributed by atoms with van der Waals surface area (Å²) in [6.45, 7) is 8.87. The van der Waals surface area contributed by atoms with Gasteiger partial charge >= 0.3 is 11.8 Å². The van der Waals surface area contributed by atoms with E-state index in [2.05, 4.69) is 32.2 Å². The van der Waals surface area contributed by atoms with Crippen LogP contribution in [0.1, 0.15) is 29.9 Å². The van der Waals surface area contributed by atoms with Gasteiger partial charge in [0.15, 0.2) is 15.7 Å². The van der Waals surface area contributed by atoms with Crippen molar-refractivity contribution in [2.24, 2.45) is 0 Å². The van der Waals surface area contributed by atoms with Gasteiger partial charge in [-0.2, -0.15) is 4.98 Å². The molecular weight excluding hydrogens is 425 g/mol. The molecule has 1 N–H and O–H groups in total. The van der Waals surface area contributed by atoms with Crippen LogP contribution in [0.4, 0.5) is 4.39 Å². The Morgan fingerprint density at radius 2 is 1.84 bits per heavy atom. The van der Waals surface area contributed by atoms with Crippen LogP contribution in [0.25, 0.3) is 0 Å². The fourth-order valence-corrected chi connectivity index (χ4v) is 4.58. The lowest BCUT2D eigenvalue weighted by Crippen LogP contribution is -2.46. The van der Waals surface area contributed by atoms with Gasteiger partial charge in [-0.05, 0) is 43.8 Å². The highest BCUT2D eigenvalue weighted by molar-refractivity contribution is 7.91. The third-order valence-electron chi connectivity index (χ3n) is 5.28. The summed E-state index contributed by atoms with van der Waals surface area (Å²) >= 11 is 0. The first-order chi connectivity index (χ1) is 14.9. The minimum Gasteiger partial charge on any atom is -0.348 e. The quantitative estimate of drug-likeness (QED) is 0.419. The molecule has 0 saturated carbocycles. The number of carbonyl (C=O) groups is 1. The molecule has 3 rings (SSSR count). The first-order valence-electron chi connectivity index (χ1n) is 10.4. The number of nitrogens with zero attached hydrogens (tertiary/aromatic N) is 4. The average Bonchev–Trinajstić information content (AvgIpc) is 3.25. The van der Waals surface area contributed by atoms with Crippen molar-refractivity contribution in [1.29, 1.82) is 0 Å². The second-order valence-corrected chi connectivity index (χ2v) is 9.53. The van der Waals surface area contributed by atoms with Crippen molar-refractivity contribution >= 4 is 15.7 Å². The molecule has 170 valence electrons. The second kappa shape index (κ2) is 10.8. The Bertz CT molecular complexity index is 956. The predicted octanol–water partition coefficient (Wildman–Crippen LogP) is 0.983. The van der Waals surface area contributed by atoms with Crippen LogP contribution in [0.2, 0.25) is 0 Å². The van der Waals surface area contributed by atoms with Crippen LogP contribution in [0.3, 0.4) is 0 Å². The van der Waals surface area contributed by atoms with Crippen LogP contribution in [-0.2, 0) is 16.3 Å². The van der Waals surface area contributed by atoms with Crippen LogP contribution in [-0.4, -0.2) is 85.8 Å². The molecule has 0 unspecified atom stereocenters. The van der Waals surface area contributed by atoms with Gasteiger partial charge in [0, 0.05) is 39.1 Å². The molecule has 0 bridgehead atoms. The number of hydrogen-bond donors (Lipinski definition) is 1. The van der Waals surface area contributed by atoms with Gasteiger partial charge in [-0.15, -0.1) is 0 Å². The van der Waals surface area contributed by atoms with Crippen molar-refractivity contribution < 1.29 is 22.1 Å². The number of halogens is 1. The SMILES string of the molecule is CCN1CCN(CCCNC(=O)c2nc(CCS(=O)(=O)c3ccc(F)cc3)no2)CC1. The fourth-order valence-electron chi connectivity index (χ4n) is 3.34. The van der Waals surface area contributed by atoms with Crippen LogP contribution in [0, 0.1) is 5.82 Å². The zero-order valence-electron chi connectivity index (χ0n) is 17.6. The largest absolute Gasteiger partial charge is 0.348 e. The van der Waals surface area contributed by atoms with E-state index in [1.165, 1.54) is 12.1 Å². The molecule has 0 radical (unpaired) electrons. The third-order valence-corrected chi connectivity index (χ3v) is 7.01. The molecule has 2 heterocycles. The molecule has 1 aliphatic heterocycles. The maximum absolute atomic E-state index is 13.0. The number of hydrogen-bond acceptors (Lipinski definition) is 8. The van der Waals surface area contributed by atoms with Gasteiger partial charge in [-0.1, -0.05) is 12.1 Å². The summed E-state index contributed by atoms with van der Waals surface area (Å²) < 4.78 is 42.5. The van der Waals surface area contributed by atoms with Crippen LogP contribution in [0.15, 0.2) is 33.7 Å². The second-order valence-electron chi connectivity index (χ2n) is 7.42. The van der Waals surface area contributed by atoms with Gasteiger partial charge in [-0.25, -0.2) is 12.8 Å². The number of rotatable bonds is 10. The highest BCUT2D eigenvalue weighted by Gasteiger charge is 2.19. The first-order valence-corrected chi connectivity index (χ1v) is 12.1. The molecule has 0 spiro atoms. The number of piperazine rings is 1. The zero-order valence-corrected chi connectivity index (χ0v) is 18.4. The molecule has 0 aliphatic carbocycles. The predicted molar refractivity (Wildman–Crippen MR) is 112 cm³/mol. The van der Waals surface area contributed by atoms with Crippen LogP contribution >= 0.6 is 0 Å². The average molecular weight is 454 g/mol. The molecule has 1 aromatic carbocycles. The molecule has 1 amide bonds. The van der Waals surface area contributed by atoms with Gasteiger partial charge in [0.05, 0.1) is 10.6 Å². The number of nitrogens with one attached hydrogen (secondary N) is 1. The summed E-state index contributed by atoms with van der Waals surface area (Å²) in [6.07, 6.45) is 0.801. The van der Waals surface area contributed by atoms with Gasteiger partial charge in [0.2, 0.25) is 0 Å². The number of aromatic nitrogens is 2. The number of likely N-dealkylation sites (N-methyl/N-ethyl adjacent to an activating group) is 1. The van der Waals surface area contributed by atoms with Crippen molar-refractivity contribution in [3.05, 3.63) is 41.8 Å². The van der Waals surface area contributed by atoms with Gasteiger partial charge in [0.25, 0.3) is 0 Å². The molecular formula is C20H28FN5O4S. The molecule has 1 fully saturated rings. The molecule has 1 saturated heterocycles. The lowest BCUT2D eigenvalue weighted by Gasteiger charge is -2.33. The minimum absolute atomic E-state index is 0.0137. The van der Waals surface area contributed by atoms with Crippen LogP contribution in [0.5, 0.6) is 0 Å². The molecule has 1 aromatic heterocycles. The summed E-state index contributed by atoms with van der Waals surface area (Å²) in [6, 6.07) is 4.61. The molecule has 31 heavy (non-hydrogen) atoms. The number of amides is 1. The Morgan fingerprint density at radius 3 is 2.52 bits per heavy atom.